The number of nitrogens with zero attached hydrogens (tertiary/aromatic N) is 4. The number of carboxylic acid groups (broad SMARTS) is 4. The van der Waals surface area contributed by atoms with Crippen molar-refractivity contribution in [3.63, 3.8) is 0 Å². The first-order valence-corrected chi connectivity index (χ1v) is 8.46. The molecule has 0 aromatic rings. The molecule has 176 valence electrons. The highest BCUT2D eigenvalue weighted by Gasteiger charge is 1.89. The van der Waals surface area contributed by atoms with Gasteiger partial charge in [-0.3, -0.25) is 0 Å². The van der Waals surface area contributed by atoms with E-state index in [4.69, 9.17) is 30.0 Å². The Morgan fingerprint density at radius 3 is 0.357 bits per heavy atom. The average molecular weight is 421 g/mol. The molecule has 4 N–H and O–H groups in total. The Bertz CT molecular complexity index is 270. The summed E-state index contributed by atoms with van der Waals surface area (Å²) in [5.41, 5.74) is 0. The van der Waals surface area contributed by atoms with Gasteiger partial charge in [0.2, 0.25) is 0 Å². The molecule has 0 saturated heterocycles. The molecule has 0 radical (unpaired) electrons. The van der Waals surface area contributed by atoms with Crippen LogP contribution in [0.15, 0.2) is 0 Å². The van der Waals surface area contributed by atoms with Gasteiger partial charge >= 0.3 is 12.3 Å². The van der Waals surface area contributed by atoms with Crippen molar-refractivity contribution in [2.75, 3.05) is 113 Å². The third-order valence-electron chi connectivity index (χ3n) is 0. The Morgan fingerprint density at radius 1 is 0.357 bits per heavy atom. The summed E-state index contributed by atoms with van der Waals surface area (Å²) < 4.78 is 4.00. The highest BCUT2D eigenvalue weighted by atomic mass is 16.6. The molecule has 0 atom stereocenters. The summed E-state index contributed by atoms with van der Waals surface area (Å²) in [6.07, 6.45) is -3.67. The normalized spacial score (nSPS) is 10.3. The SMILES string of the molecule is C[N+](C)(C)C.C[N+](C)(C)C.C[N+](C)(C)C.C[N+](C)(C)C.O=C(O)O.O=C(O)O. The predicted octanol–water partition coefficient (Wildman–Crippen LogP) is 1.73. The number of hydrogen-bond donors (Lipinski definition) is 4. The lowest BCUT2D eigenvalue weighted by Gasteiger charge is -2.14. The van der Waals surface area contributed by atoms with E-state index < -0.39 is 12.3 Å². The molecule has 0 aromatic carbocycles. The van der Waals surface area contributed by atoms with E-state index in [0.717, 1.165) is 17.9 Å². The van der Waals surface area contributed by atoms with Gasteiger partial charge in [-0.1, -0.05) is 0 Å². The molecule has 10 heteroatoms. The average Bonchev–Trinajstić information content (AvgIpc) is 1.99. The maximum Gasteiger partial charge on any atom is 0.503 e. The van der Waals surface area contributed by atoms with Gasteiger partial charge in [-0.25, -0.2) is 9.59 Å². The van der Waals surface area contributed by atoms with Gasteiger partial charge in [-0.05, 0) is 0 Å². The van der Waals surface area contributed by atoms with Crippen LogP contribution in [-0.2, 0) is 0 Å². The van der Waals surface area contributed by atoms with E-state index in [-0.39, 0.29) is 0 Å². The molecule has 0 bridgehead atoms. The first-order chi connectivity index (χ1) is 11.5. The molecule has 0 unspecified atom stereocenters. The first kappa shape index (κ1) is 40.9. The highest BCUT2D eigenvalue weighted by Crippen LogP contribution is 1.75. The second-order valence-electron chi connectivity index (χ2n) is 11.3. The number of rotatable bonds is 0. The molecular weight excluding hydrogens is 368 g/mol. The smallest absolute Gasteiger partial charge is 0.450 e. The topological polar surface area (TPSA) is 115 Å². The van der Waals surface area contributed by atoms with Crippen molar-refractivity contribution in [2.45, 2.75) is 0 Å². The molecule has 0 aliphatic carbocycles. The lowest BCUT2D eigenvalue weighted by atomic mass is 10.8. The summed E-state index contributed by atoms with van der Waals surface area (Å²) in [5, 5.41) is 27.9. The van der Waals surface area contributed by atoms with Crippen LogP contribution < -0.4 is 0 Å². The van der Waals surface area contributed by atoms with Gasteiger partial charge in [0.25, 0.3) is 0 Å². The van der Waals surface area contributed by atoms with Gasteiger partial charge in [0.15, 0.2) is 0 Å². The van der Waals surface area contributed by atoms with Gasteiger partial charge in [0, 0.05) is 0 Å². The summed E-state index contributed by atoms with van der Waals surface area (Å²) in [5.74, 6) is 0. The van der Waals surface area contributed by atoms with E-state index in [1.165, 1.54) is 0 Å². The largest absolute Gasteiger partial charge is 0.503 e. The van der Waals surface area contributed by atoms with Crippen LogP contribution in [0.2, 0.25) is 0 Å². The molecule has 0 aliphatic rings. The molecule has 0 aliphatic heterocycles. The van der Waals surface area contributed by atoms with Crippen molar-refractivity contribution < 1.29 is 47.9 Å². The van der Waals surface area contributed by atoms with Crippen molar-refractivity contribution in [3.05, 3.63) is 0 Å². The van der Waals surface area contributed by atoms with E-state index in [9.17, 15) is 0 Å². The zero-order valence-corrected chi connectivity index (χ0v) is 21.4. The fourth-order valence-corrected chi connectivity index (χ4v) is 0. The van der Waals surface area contributed by atoms with Crippen molar-refractivity contribution >= 4 is 12.3 Å². The Morgan fingerprint density at radius 2 is 0.357 bits per heavy atom. The third-order valence-corrected chi connectivity index (χ3v) is 0. The van der Waals surface area contributed by atoms with Crippen LogP contribution in [0.5, 0.6) is 0 Å². The molecule has 0 saturated carbocycles. The van der Waals surface area contributed by atoms with Crippen LogP contribution in [-0.4, -0.2) is 163 Å². The molecule has 28 heavy (non-hydrogen) atoms. The van der Waals surface area contributed by atoms with Crippen LogP contribution in [0.1, 0.15) is 0 Å². The summed E-state index contributed by atoms with van der Waals surface area (Å²) in [7, 11) is 34.0. The maximum atomic E-state index is 8.56. The molecule has 0 spiro atoms. The minimum absolute atomic E-state index is 1.00. The predicted molar refractivity (Wildman–Crippen MR) is 117 cm³/mol. The van der Waals surface area contributed by atoms with Crippen LogP contribution in [0.25, 0.3) is 0 Å². The lowest BCUT2D eigenvalue weighted by Crippen LogP contribution is -2.27. The zero-order valence-electron chi connectivity index (χ0n) is 21.4. The molecule has 0 aromatic heterocycles. The van der Waals surface area contributed by atoms with Crippen molar-refractivity contribution in [1.29, 1.82) is 0 Å². The Kier molecular flexibility index (Phi) is 27.4. The first-order valence-electron chi connectivity index (χ1n) is 8.46. The highest BCUT2D eigenvalue weighted by molar-refractivity contribution is 5.53. The molecule has 0 fully saturated rings. The van der Waals surface area contributed by atoms with Crippen molar-refractivity contribution in [2.24, 2.45) is 0 Å². The van der Waals surface area contributed by atoms with E-state index >= 15 is 0 Å². The summed E-state index contributed by atoms with van der Waals surface area (Å²) >= 11 is 0. The van der Waals surface area contributed by atoms with Gasteiger partial charge < -0.3 is 38.4 Å². The van der Waals surface area contributed by atoms with E-state index in [1.54, 1.807) is 0 Å². The second-order valence-corrected chi connectivity index (χ2v) is 11.3. The van der Waals surface area contributed by atoms with Crippen LogP contribution in [0.4, 0.5) is 9.59 Å². The van der Waals surface area contributed by atoms with Gasteiger partial charge in [0.1, 0.15) is 0 Å². The molecular formula is C18H52N4O6+4. The molecule has 0 amide bonds. The molecule has 10 nitrogen and oxygen atoms in total. The summed E-state index contributed by atoms with van der Waals surface area (Å²) in [4.78, 5) is 17.1. The van der Waals surface area contributed by atoms with E-state index in [1.807, 2.05) is 0 Å². The Hall–Kier alpha value is -1.62. The lowest BCUT2D eigenvalue weighted by molar-refractivity contribution is -0.849. The number of hydrogen-bond acceptors (Lipinski definition) is 2. The van der Waals surface area contributed by atoms with Crippen molar-refractivity contribution in [1.82, 2.24) is 0 Å². The Labute approximate surface area is 173 Å². The van der Waals surface area contributed by atoms with Crippen LogP contribution >= 0.6 is 0 Å². The van der Waals surface area contributed by atoms with Crippen molar-refractivity contribution in [3.8, 4) is 0 Å². The third kappa shape index (κ3) is 5080. The van der Waals surface area contributed by atoms with Gasteiger partial charge in [-0.2, -0.15) is 0 Å². The van der Waals surface area contributed by atoms with E-state index in [2.05, 4.69) is 113 Å². The minimum atomic E-state index is -1.83. The standard InChI is InChI=1S/4C4H12N.2CH2O3/c4*1-5(2,3)4;2*2-1(3)4/h4*1-4H3;2*(H2,2,3,4)/q4*+1;;. The van der Waals surface area contributed by atoms with Gasteiger partial charge in [-0.15, -0.1) is 0 Å². The van der Waals surface area contributed by atoms with Gasteiger partial charge in [0.05, 0.1) is 113 Å². The van der Waals surface area contributed by atoms with Crippen LogP contribution in [0.3, 0.4) is 0 Å². The minimum Gasteiger partial charge on any atom is -0.450 e. The number of quaternary nitrogens is 4. The molecule has 0 heterocycles. The molecule has 0 rings (SSSR count). The quantitative estimate of drug-likeness (QED) is 0.444. The Balaban J connectivity index is -0.0000000520. The fourth-order valence-electron chi connectivity index (χ4n) is 0. The summed E-state index contributed by atoms with van der Waals surface area (Å²) in [6, 6.07) is 0. The summed E-state index contributed by atoms with van der Waals surface area (Å²) in [6.45, 7) is 0. The maximum absolute atomic E-state index is 8.56. The number of carbonyl (C=O) groups is 2. The van der Waals surface area contributed by atoms with E-state index in [0.29, 0.717) is 0 Å². The monoisotopic (exact) mass is 420 g/mol. The van der Waals surface area contributed by atoms with Crippen LogP contribution in [0, 0.1) is 0 Å². The second kappa shape index (κ2) is 18.7. The fraction of sp³-hybridized carbons (Fsp3) is 0.889. The zero-order chi connectivity index (χ0) is 25.2.